The number of carbonyl (C=O) groups is 10. The Labute approximate surface area is 523 Å². The quantitative estimate of drug-likeness (QED) is 0.0191. The Morgan fingerprint density at radius 3 is 2.19 bits per heavy atom. The first-order valence-electron chi connectivity index (χ1n) is 30.0. The van der Waals surface area contributed by atoms with E-state index in [9.17, 15) is 47.9 Å². The van der Waals surface area contributed by atoms with Gasteiger partial charge in [0.1, 0.15) is 30.3 Å². The van der Waals surface area contributed by atoms with E-state index in [2.05, 4.69) is 10.6 Å². The van der Waals surface area contributed by atoms with Crippen LogP contribution in [0, 0.1) is 11.8 Å². The number of methoxy groups -OCH3 is 1. The highest BCUT2D eigenvalue weighted by Crippen LogP contribution is 2.51. The molecule has 4 N–H and O–H groups in total. The summed E-state index contributed by atoms with van der Waals surface area (Å²) < 4.78 is 28.9. The number of hydrogen-bond acceptors (Lipinski definition) is 16. The number of esters is 1. The number of furan rings is 1. The van der Waals surface area contributed by atoms with Crippen molar-refractivity contribution in [2.24, 2.45) is 17.6 Å². The minimum atomic E-state index is -0.850. The number of carbonyl (C=O) groups excluding carboxylic acids is 10. The largest absolute Gasteiger partial charge is 0.492 e. The lowest BCUT2D eigenvalue weighted by Gasteiger charge is -2.24. The first kappa shape index (κ1) is 67.9. The maximum atomic E-state index is 14.5. The molecule has 1 aliphatic carbocycles. The molecule has 7 rings (SSSR count). The predicted molar refractivity (Wildman–Crippen MR) is 332 cm³/mol. The van der Waals surface area contributed by atoms with E-state index >= 15 is 0 Å². The van der Waals surface area contributed by atoms with Gasteiger partial charge in [-0.05, 0) is 106 Å². The van der Waals surface area contributed by atoms with Crippen LogP contribution in [0.25, 0.3) is 16.5 Å². The topological polar surface area (TPSA) is 287 Å². The zero-order valence-corrected chi connectivity index (χ0v) is 52.7. The van der Waals surface area contributed by atoms with E-state index in [1.165, 1.54) is 48.1 Å². The first-order chi connectivity index (χ1) is 42.5. The van der Waals surface area contributed by atoms with Crippen molar-refractivity contribution in [3.63, 3.8) is 0 Å². The van der Waals surface area contributed by atoms with E-state index in [1.54, 1.807) is 61.5 Å². The number of rotatable bonds is 32. The smallest absolute Gasteiger partial charge is 0.415 e. The zero-order valence-electron chi connectivity index (χ0n) is 51.9. The number of primary amides is 1. The Balaban J connectivity index is 0.919. The molecule has 0 fully saturated rings. The fourth-order valence-electron chi connectivity index (χ4n) is 10.9. The summed E-state index contributed by atoms with van der Waals surface area (Å²) in [5.74, 6) is -3.13. The summed E-state index contributed by atoms with van der Waals surface area (Å²) in [4.78, 5) is 137. The second-order valence-electron chi connectivity index (χ2n) is 23.3. The number of fused-ring (bicyclic) bond motifs is 4. The minimum Gasteiger partial charge on any atom is -0.492 e. The van der Waals surface area contributed by atoms with E-state index < -0.39 is 59.7 Å². The number of nitrogens with zero attached hydrogens (tertiary/aromatic N) is 5. The highest BCUT2D eigenvalue weighted by molar-refractivity contribution is 6.22. The number of ketones is 1. The Hall–Kier alpha value is -8.57. The third-order valence-electron chi connectivity index (χ3n) is 16.0. The summed E-state index contributed by atoms with van der Waals surface area (Å²) in [6.45, 7) is 7.37. The van der Waals surface area contributed by atoms with E-state index in [1.807, 2.05) is 32.8 Å². The SMILES string of the molecule is COC(=O)C1=C(C)Cc2c(OC(=O)N(C)CCN(C)C(=O)OCc3ccc(CC(=O)C(CCCCC(N)=O)NC(=O)[C@@H](CCCNC(=O)CCCN4C(=O)C=CC4=O)C(C)C)cc3)cc3c(c21)[C@H](CCl)CN3C(=O)c1cc2cc(OCCN(C)C)ccc2o1. The number of nitrogens with two attached hydrogens (primary N) is 1. The highest BCUT2D eigenvalue weighted by Gasteiger charge is 2.42. The van der Waals surface area contributed by atoms with Gasteiger partial charge in [-0.15, -0.1) is 11.6 Å². The van der Waals surface area contributed by atoms with E-state index in [0.29, 0.717) is 113 Å². The van der Waals surface area contributed by atoms with Crippen molar-refractivity contribution >= 4 is 93.2 Å². The monoisotopic (exact) mass is 1250 g/mol. The average Bonchev–Trinajstić information content (AvgIpc) is 1.59. The van der Waals surface area contributed by atoms with Gasteiger partial charge in [0.05, 0.1) is 24.4 Å². The second-order valence-corrected chi connectivity index (χ2v) is 23.6. The third kappa shape index (κ3) is 17.8. The fourth-order valence-corrected chi connectivity index (χ4v) is 11.2. The number of benzene rings is 3. The molecule has 3 aromatic carbocycles. The van der Waals surface area contributed by atoms with E-state index in [0.717, 1.165) is 4.90 Å². The number of unbranched alkanes of at least 4 members (excludes halogenated alkanes) is 1. The van der Waals surface area contributed by atoms with Crippen molar-refractivity contribution in [2.45, 2.75) is 104 Å². The van der Waals surface area contributed by atoms with Gasteiger partial charge in [0.15, 0.2) is 11.5 Å². The molecule has 0 saturated carbocycles. The van der Waals surface area contributed by atoms with Gasteiger partial charge in [0, 0.05) is 125 Å². The van der Waals surface area contributed by atoms with Crippen LogP contribution >= 0.6 is 11.6 Å². The molecule has 23 nitrogen and oxygen atoms in total. The van der Waals surface area contributed by atoms with Crippen LogP contribution in [-0.4, -0.2) is 172 Å². The number of amides is 8. The van der Waals surface area contributed by atoms with E-state index in [-0.39, 0.29) is 106 Å². The third-order valence-corrected chi connectivity index (χ3v) is 16.4. The summed E-state index contributed by atoms with van der Waals surface area (Å²) in [5.41, 5.74) is 10.2. The molecule has 3 aliphatic rings. The highest BCUT2D eigenvalue weighted by atomic mass is 35.5. The summed E-state index contributed by atoms with van der Waals surface area (Å²) in [5, 5.41) is 6.47. The molecule has 0 bridgehead atoms. The average molecular weight is 1250 g/mol. The van der Waals surface area contributed by atoms with Gasteiger partial charge in [-0.3, -0.25) is 38.5 Å². The van der Waals surface area contributed by atoms with Gasteiger partial charge in [0.25, 0.3) is 17.7 Å². The molecule has 478 valence electrons. The zero-order chi connectivity index (χ0) is 64.6. The normalized spacial score (nSPS) is 14.9. The molecule has 8 amide bonds. The number of hydrogen-bond donors (Lipinski definition) is 3. The molecule has 2 aliphatic heterocycles. The molecule has 0 saturated heterocycles. The molecular weight excluding hydrogens is 1170 g/mol. The van der Waals surface area contributed by atoms with Crippen molar-refractivity contribution in [1.82, 2.24) is 30.2 Å². The molecule has 0 radical (unpaired) electrons. The summed E-state index contributed by atoms with van der Waals surface area (Å²) in [7, 11) is 8.22. The van der Waals surface area contributed by atoms with Gasteiger partial charge in [-0.2, -0.15) is 0 Å². The Bertz CT molecular complexity index is 3360. The van der Waals surface area contributed by atoms with Crippen molar-refractivity contribution in [2.75, 3.05) is 92.0 Å². The summed E-state index contributed by atoms with van der Waals surface area (Å²) in [6, 6.07) is 14.7. The van der Waals surface area contributed by atoms with Crippen molar-refractivity contribution < 1.29 is 71.3 Å². The van der Waals surface area contributed by atoms with Gasteiger partial charge in [-0.25, -0.2) is 14.4 Å². The lowest BCUT2D eigenvalue weighted by Crippen LogP contribution is -2.45. The number of alkyl halides is 1. The standard InChI is InChI=1S/C65H81ClN8O15/c1-39(2)46(13-11-25-68-55(77)16-12-26-73-56(78)23-24-57(73)79)61(80)69-48(14-9-10-15-54(67)76)50(75)32-41-17-19-42(20-18-41)38-87-64(83)71(6)27-28-72(7)65(84)89-52-35-49-59(60-47(52)31-40(3)58(60)63(82)85-8)44(36-66)37-74(49)62(81)53-34-43-33-45(21-22-51(43)88-53)86-30-29-70(4)5/h17-24,33-35,39,44,46,48H,9-16,25-32,36-38H2,1-8H3,(H2,67,76)(H,68,77)(H,69,80)/t44-,46+,48?/m1/s1. The number of allylic oxidation sites excluding steroid dienone is 1. The van der Waals surface area contributed by atoms with Crippen LogP contribution in [0.1, 0.15) is 116 Å². The molecule has 1 aromatic heterocycles. The van der Waals surface area contributed by atoms with Crippen LogP contribution in [0.3, 0.4) is 0 Å². The number of Topliss-reactive ketones (excluding diaryl/α,β-unsaturated/α-hetero) is 1. The molecule has 3 atom stereocenters. The van der Waals surface area contributed by atoms with Crippen LogP contribution < -0.4 is 30.7 Å². The number of halogens is 1. The Kier molecular flexibility index (Phi) is 24.1. The number of ether oxygens (including phenoxy) is 4. The maximum absolute atomic E-state index is 14.5. The van der Waals surface area contributed by atoms with Crippen molar-refractivity contribution in [1.29, 1.82) is 0 Å². The fraction of sp³-hybridized carbons (Fsp3) is 0.477. The molecule has 89 heavy (non-hydrogen) atoms. The number of anilines is 1. The van der Waals surface area contributed by atoms with Crippen molar-refractivity contribution in [3.05, 3.63) is 106 Å². The summed E-state index contributed by atoms with van der Waals surface area (Å²) >= 11 is 6.62. The van der Waals surface area contributed by atoms with Crippen LogP contribution in [0.15, 0.2) is 76.7 Å². The van der Waals surface area contributed by atoms with Crippen LogP contribution in [0.4, 0.5) is 15.3 Å². The molecule has 4 aromatic rings. The molecular formula is C65H81ClN8O15. The van der Waals surface area contributed by atoms with Gasteiger partial charge in [-0.1, -0.05) is 50.1 Å². The number of imide groups is 1. The van der Waals surface area contributed by atoms with Crippen LogP contribution in [0.2, 0.25) is 0 Å². The van der Waals surface area contributed by atoms with E-state index in [4.69, 9.17) is 40.7 Å². The number of nitrogens with one attached hydrogen (secondary N) is 2. The second kappa shape index (κ2) is 31.6. The van der Waals surface area contributed by atoms with Gasteiger partial charge < -0.3 is 59.3 Å². The van der Waals surface area contributed by atoms with Crippen LogP contribution in [-0.2, 0) is 62.5 Å². The molecule has 24 heteroatoms. The van der Waals surface area contributed by atoms with Crippen molar-refractivity contribution in [3.8, 4) is 11.5 Å². The predicted octanol–water partition coefficient (Wildman–Crippen LogP) is 7.07. The molecule has 0 spiro atoms. The molecule has 1 unspecified atom stereocenters. The number of likely N-dealkylation sites (N-methyl/N-ethyl adjacent to an activating group) is 3. The van der Waals surface area contributed by atoms with Gasteiger partial charge in [0.2, 0.25) is 17.7 Å². The summed E-state index contributed by atoms with van der Waals surface area (Å²) in [6.07, 6.45) is 3.90. The Morgan fingerprint density at radius 1 is 0.831 bits per heavy atom. The minimum absolute atomic E-state index is 0.0137. The van der Waals surface area contributed by atoms with Gasteiger partial charge >= 0.3 is 18.2 Å². The maximum Gasteiger partial charge on any atom is 0.415 e. The lowest BCUT2D eigenvalue weighted by molar-refractivity contribution is -0.137. The Morgan fingerprint density at radius 2 is 1.53 bits per heavy atom. The first-order valence-corrected chi connectivity index (χ1v) is 30.5. The molecule has 3 heterocycles. The van der Waals surface area contributed by atoms with Crippen LogP contribution in [0.5, 0.6) is 11.5 Å². The lowest BCUT2D eigenvalue weighted by atomic mass is 9.89.